The number of aromatic nitrogens is 2. The average Bonchev–Trinajstić information content (AvgIpc) is 2.65. The summed E-state index contributed by atoms with van der Waals surface area (Å²) in [6.45, 7) is 0. The summed E-state index contributed by atoms with van der Waals surface area (Å²) in [4.78, 5) is 7.74. The number of halogens is 4. The smallest absolute Gasteiger partial charge is 0.418 e. The van der Waals surface area contributed by atoms with Gasteiger partial charge in [0.25, 0.3) is 0 Å². The van der Waals surface area contributed by atoms with Crippen LogP contribution in [0.25, 0.3) is 0 Å². The summed E-state index contributed by atoms with van der Waals surface area (Å²) in [6, 6.07) is 10.4. The number of anilines is 2. The first-order valence-electron chi connectivity index (χ1n) is 7.49. The third-order valence-corrected chi connectivity index (χ3v) is 3.36. The molecule has 136 valence electrons. The number of hydrogen-bond acceptors (Lipinski definition) is 5. The zero-order chi connectivity index (χ0) is 19.4. The molecule has 0 radical (unpaired) electrons. The largest absolute Gasteiger partial charge is 0.453 e. The van der Waals surface area contributed by atoms with Crippen molar-refractivity contribution in [3.05, 3.63) is 71.8 Å². The molecular formula is C18H10F4N4O. The highest BCUT2D eigenvalue weighted by Gasteiger charge is 2.32. The van der Waals surface area contributed by atoms with E-state index in [4.69, 9.17) is 10.00 Å². The van der Waals surface area contributed by atoms with E-state index in [-0.39, 0.29) is 23.1 Å². The van der Waals surface area contributed by atoms with Crippen LogP contribution in [-0.2, 0) is 6.18 Å². The third-order valence-electron chi connectivity index (χ3n) is 3.36. The summed E-state index contributed by atoms with van der Waals surface area (Å²) < 4.78 is 57.4. The molecule has 5 nitrogen and oxygen atoms in total. The van der Waals surface area contributed by atoms with Crippen LogP contribution in [0.5, 0.6) is 11.5 Å². The van der Waals surface area contributed by atoms with Gasteiger partial charge < -0.3 is 10.1 Å². The summed E-state index contributed by atoms with van der Waals surface area (Å²) in [5.74, 6) is -0.365. The molecule has 1 N–H and O–H groups in total. The number of benzene rings is 1. The molecule has 0 aliphatic heterocycles. The second-order valence-corrected chi connectivity index (χ2v) is 5.29. The molecule has 1 aromatic carbocycles. The molecule has 0 amide bonds. The minimum Gasteiger partial charge on any atom is -0.453 e. The van der Waals surface area contributed by atoms with Crippen LogP contribution < -0.4 is 10.1 Å². The Hall–Kier alpha value is -3.67. The quantitative estimate of drug-likeness (QED) is 0.648. The van der Waals surface area contributed by atoms with Gasteiger partial charge in [0.05, 0.1) is 11.1 Å². The number of hydrogen-bond donors (Lipinski definition) is 1. The number of alkyl halides is 3. The van der Waals surface area contributed by atoms with E-state index in [1.165, 1.54) is 30.5 Å². The van der Waals surface area contributed by atoms with Crippen molar-refractivity contribution in [3.8, 4) is 17.6 Å². The van der Waals surface area contributed by atoms with Crippen molar-refractivity contribution in [3.63, 3.8) is 0 Å². The van der Waals surface area contributed by atoms with Gasteiger partial charge in [0.2, 0.25) is 0 Å². The van der Waals surface area contributed by atoms with Crippen molar-refractivity contribution in [2.24, 2.45) is 0 Å². The van der Waals surface area contributed by atoms with Gasteiger partial charge in [-0.2, -0.15) is 18.4 Å². The van der Waals surface area contributed by atoms with Gasteiger partial charge in [-0.15, -0.1) is 0 Å². The molecule has 2 aromatic heterocycles. The van der Waals surface area contributed by atoms with E-state index in [0.29, 0.717) is 11.8 Å². The van der Waals surface area contributed by atoms with Crippen LogP contribution in [0, 0.1) is 17.1 Å². The fourth-order valence-electron chi connectivity index (χ4n) is 2.06. The first-order valence-corrected chi connectivity index (χ1v) is 7.49. The van der Waals surface area contributed by atoms with E-state index < -0.39 is 17.6 Å². The molecule has 0 saturated heterocycles. The summed E-state index contributed by atoms with van der Waals surface area (Å²) in [5.41, 5.74) is -0.679. The Bertz CT molecular complexity index is 980. The van der Waals surface area contributed by atoms with E-state index in [0.717, 1.165) is 18.2 Å². The molecule has 0 aliphatic rings. The van der Waals surface area contributed by atoms with Gasteiger partial charge in [0, 0.05) is 12.4 Å². The first kappa shape index (κ1) is 18.1. The normalized spacial score (nSPS) is 10.9. The fourth-order valence-corrected chi connectivity index (χ4v) is 2.06. The van der Waals surface area contributed by atoms with Crippen LogP contribution in [0.2, 0.25) is 0 Å². The van der Waals surface area contributed by atoms with Crippen LogP contribution in [0.4, 0.5) is 29.2 Å². The van der Waals surface area contributed by atoms with Crippen molar-refractivity contribution in [1.82, 2.24) is 9.97 Å². The van der Waals surface area contributed by atoms with Crippen LogP contribution in [0.15, 0.2) is 54.9 Å². The lowest BCUT2D eigenvalue weighted by Crippen LogP contribution is -2.07. The van der Waals surface area contributed by atoms with E-state index in [1.54, 1.807) is 0 Å². The molecule has 27 heavy (non-hydrogen) atoms. The van der Waals surface area contributed by atoms with E-state index >= 15 is 0 Å². The van der Waals surface area contributed by atoms with Crippen molar-refractivity contribution in [2.45, 2.75) is 6.18 Å². The molecule has 3 rings (SSSR count). The molecule has 3 aromatic rings. The van der Waals surface area contributed by atoms with Gasteiger partial charge in [0.1, 0.15) is 23.5 Å². The minimum absolute atomic E-state index is 0.0236. The number of pyridine rings is 2. The number of nitriles is 1. The zero-order valence-corrected chi connectivity index (χ0v) is 13.5. The lowest BCUT2D eigenvalue weighted by atomic mass is 10.2. The van der Waals surface area contributed by atoms with Crippen LogP contribution in [-0.4, -0.2) is 9.97 Å². The highest BCUT2D eigenvalue weighted by Crippen LogP contribution is 2.36. The van der Waals surface area contributed by atoms with Crippen molar-refractivity contribution >= 4 is 11.6 Å². The molecule has 0 bridgehead atoms. The Morgan fingerprint density at radius 2 is 1.74 bits per heavy atom. The van der Waals surface area contributed by atoms with Crippen LogP contribution in [0.3, 0.4) is 0 Å². The maximum atomic E-state index is 13.0. The van der Waals surface area contributed by atoms with E-state index in [1.807, 2.05) is 6.07 Å². The molecule has 2 heterocycles. The number of nitrogens with one attached hydrogen (secondary N) is 1. The van der Waals surface area contributed by atoms with E-state index in [2.05, 4.69) is 15.3 Å². The molecule has 0 atom stereocenters. The van der Waals surface area contributed by atoms with Gasteiger partial charge in [-0.1, -0.05) is 0 Å². The Kier molecular flexibility index (Phi) is 4.90. The standard InChI is InChI=1S/C18H10F4N4O/c19-13-2-4-14(5-3-13)27-15-7-12(18(20,21)22)10-25-17(15)26-16-6-1-11(8-23)9-24-16/h1-7,9-10H,(H,24,25,26). The molecule has 0 unspecified atom stereocenters. The van der Waals surface area contributed by atoms with E-state index in [9.17, 15) is 17.6 Å². The number of ether oxygens (including phenoxy) is 1. The summed E-state index contributed by atoms with van der Waals surface area (Å²) in [5, 5.41) is 11.5. The zero-order valence-electron chi connectivity index (χ0n) is 13.5. The molecular weight excluding hydrogens is 364 g/mol. The molecule has 0 fully saturated rings. The molecule has 0 aliphatic carbocycles. The highest BCUT2D eigenvalue weighted by atomic mass is 19.4. The van der Waals surface area contributed by atoms with Gasteiger partial charge in [-0.3, -0.25) is 0 Å². The monoisotopic (exact) mass is 374 g/mol. The van der Waals surface area contributed by atoms with Crippen molar-refractivity contribution < 1.29 is 22.3 Å². The fraction of sp³-hybridized carbons (Fsp3) is 0.0556. The second kappa shape index (κ2) is 7.29. The Morgan fingerprint density at radius 3 is 2.33 bits per heavy atom. The SMILES string of the molecule is N#Cc1ccc(Nc2ncc(C(F)(F)F)cc2Oc2ccc(F)cc2)nc1. The van der Waals surface area contributed by atoms with Crippen molar-refractivity contribution in [1.29, 1.82) is 5.26 Å². The predicted molar refractivity (Wildman–Crippen MR) is 87.9 cm³/mol. The van der Waals surface area contributed by atoms with Gasteiger partial charge in [-0.05, 0) is 42.5 Å². The summed E-state index contributed by atoms with van der Waals surface area (Å²) >= 11 is 0. The Morgan fingerprint density at radius 1 is 1.00 bits per heavy atom. The topological polar surface area (TPSA) is 70.8 Å². The molecule has 9 heteroatoms. The number of rotatable bonds is 4. The minimum atomic E-state index is -4.61. The summed E-state index contributed by atoms with van der Waals surface area (Å²) in [7, 11) is 0. The lowest BCUT2D eigenvalue weighted by Gasteiger charge is -2.14. The predicted octanol–water partition coefficient (Wildman–Crippen LogP) is 5.04. The Labute approximate surface area is 150 Å². The second-order valence-electron chi connectivity index (χ2n) is 5.29. The van der Waals surface area contributed by atoms with Crippen molar-refractivity contribution in [2.75, 3.05) is 5.32 Å². The molecule has 0 spiro atoms. The summed E-state index contributed by atoms with van der Waals surface area (Å²) in [6.07, 6.45) is -2.66. The lowest BCUT2D eigenvalue weighted by molar-refractivity contribution is -0.137. The van der Waals surface area contributed by atoms with Crippen LogP contribution >= 0.6 is 0 Å². The maximum Gasteiger partial charge on any atom is 0.418 e. The van der Waals surface area contributed by atoms with Gasteiger partial charge in [-0.25, -0.2) is 14.4 Å². The average molecular weight is 374 g/mol. The van der Waals surface area contributed by atoms with Crippen LogP contribution in [0.1, 0.15) is 11.1 Å². The Balaban J connectivity index is 1.95. The third kappa shape index (κ3) is 4.49. The maximum absolute atomic E-state index is 13.0. The molecule has 0 saturated carbocycles. The number of nitrogens with zero attached hydrogens (tertiary/aromatic N) is 3. The van der Waals surface area contributed by atoms with Gasteiger partial charge >= 0.3 is 6.18 Å². The van der Waals surface area contributed by atoms with Gasteiger partial charge in [0.15, 0.2) is 11.6 Å². The highest BCUT2D eigenvalue weighted by molar-refractivity contribution is 5.61. The first-order chi connectivity index (χ1) is 12.8.